The van der Waals surface area contributed by atoms with Crippen molar-refractivity contribution in [2.75, 3.05) is 56.1 Å². The van der Waals surface area contributed by atoms with E-state index in [1.54, 1.807) is 17.0 Å². The smallest absolute Gasteiger partial charge is 0.320 e. The predicted molar refractivity (Wildman–Crippen MR) is 160 cm³/mol. The molecule has 4 fully saturated rings. The van der Waals surface area contributed by atoms with E-state index in [9.17, 15) is 19.6 Å². The average Bonchev–Trinajstić information content (AvgIpc) is 3.40. The zero-order valence-corrected chi connectivity index (χ0v) is 24.5. The number of nitriles is 1. The Morgan fingerprint density at radius 3 is 2.65 bits per heavy atom. The topological polar surface area (TPSA) is 118 Å². The van der Waals surface area contributed by atoms with Crippen LogP contribution in [0, 0.1) is 22.6 Å². The van der Waals surface area contributed by atoms with Gasteiger partial charge in [0.1, 0.15) is 28.3 Å². The molecule has 6 heterocycles. The lowest BCUT2D eigenvalue weighted by Gasteiger charge is -2.51. The second kappa shape index (κ2) is 9.62. The van der Waals surface area contributed by atoms with Gasteiger partial charge in [0.25, 0.3) is 0 Å². The Hall–Kier alpha value is -4.28. The van der Waals surface area contributed by atoms with Crippen LogP contribution in [0.4, 0.5) is 25.8 Å². The predicted octanol–water partition coefficient (Wildman–Crippen LogP) is 3.98. The van der Waals surface area contributed by atoms with E-state index >= 15 is 0 Å². The number of hydrogen-bond acceptors (Lipinski definition) is 9. The first-order valence-electron chi connectivity index (χ1n) is 14.6. The van der Waals surface area contributed by atoms with Gasteiger partial charge in [-0.05, 0) is 49.6 Å². The molecule has 4 aliphatic rings. The minimum atomic E-state index is -0.391. The van der Waals surface area contributed by atoms with Crippen molar-refractivity contribution >= 4 is 45.0 Å². The van der Waals surface area contributed by atoms with Gasteiger partial charge in [-0.25, -0.2) is 23.8 Å². The Kier molecular flexibility index (Phi) is 5.89. The van der Waals surface area contributed by atoms with E-state index in [0.717, 1.165) is 62.3 Å². The van der Waals surface area contributed by atoms with Crippen LogP contribution < -0.4 is 9.80 Å². The number of aliphatic hydroxyl groups excluding tert-OH is 1. The average molecular weight is 600 g/mol. The fourth-order valence-corrected chi connectivity index (χ4v) is 7.44. The lowest BCUT2D eigenvalue weighted by Crippen LogP contribution is -2.66. The highest BCUT2D eigenvalue weighted by Crippen LogP contribution is 2.46. The molecule has 13 heteroatoms. The number of aliphatic hydroxyl groups is 1. The molecule has 3 saturated heterocycles. The van der Waals surface area contributed by atoms with Gasteiger partial charge in [0.05, 0.1) is 42.5 Å². The molecule has 3 aromatic heterocycles. The van der Waals surface area contributed by atoms with Gasteiger partial charge in [-0.3, -0.25) is 0 Å². The lowest BCUT2D eigenvalue weighted by atomic mass is 9.79. The van der Waals surface area contributed by atoms with E-state index in [0.29, 0.717) is 46.0 Å². The zero-order valence-electron chi connectivity index (χ0n) is 23.6. The first kappa shape index (κ1) is 26.4. The Bertz CT molecular complexity index is 1780. The molecule has 11 nitrogen and oxygen atoms in total. The number of carbonyl (C=O) groups is 1. The fraction of sp³-hybridized carbons (Fsp3) is 0.433. The van der Waals surface area contributed by atoms with Crippen LogP contribution in [0.5, 0.6) is 0 Å². The summed E-state index contributed by atoms with van der Waals surface area (Å²) in [5.74, 6) is 0.555. The van der Waals surface area contributed by atoms with Crippen molar-refractivity contribution in [1.29, 1.82) is 5.26 Å². The van der Waals surface area contributed by atoms with Crippen LogP contribution >= 0.6 is 11.3 Å². The number of β-amino-alcohol motifs (C(OH)–C–C–N with tert-alkyl or cyclic N) is 1. The highest BCUT2D eigenvalue weighted by molar-refractivity contribution is 7.16. The molecule has 3 aliphatic heterocycles. The molecule has 1 aliphatic carbocycles. The van der Waals surface area contributed by atoms with Crippen molar-refractivity contribution in [1.82, 2.24) is 29.5 Å². The third-order valence-electron chi connectivity index (χ3n) is 9.10. The van der Waals surface area contributed by atoms with Gasteiger partial charge in [-0.2, -0.15) is 10.4 Å². The van der Waals surface area contributed by atoms with E-state index in [2.05, 4.69) is 17.0 Å². The largest absolute Gasteiger partial charge is 0.389 e. The summed E-state index contributed by atoms with van der Waals surface area (Å²) in [6.45, 7) is 4.07. The summed E-state index contributed by atoms with van der Waals surface area (Å²) in [7, 11) is 1.94. The van der Waals surface area contributed by atoms with Crippen molar-refractivity contribution < 1.29 is 14.3 Å². The number of thiazole rings is 1. The van der Waals surface area contributed by atoms with Gasteiger partial charge in [0, 0.05) is 44.2 Å². The quantitative estimate of drug-likeness (QED) is 0.366. The molecular formula is C30H30FN9O2S. The number of hydrogen-bond donors (Lipinski definition) is 1. The maximum Gasteiger partial charge on any atom is 0.320 e. The number of amides is 2. The van der Waals surface area contributed by atoms with Gasteiger partial charge in [-0.15, -0.1) is 0 Å². The summed E-state index contributed by atoms with van der Waals surface area (Å²) in [6.07, 6.45) is 4.60. The first-order valence-corrected chi connectivity index (χ1v) is 15.4. The minimum Gasteiger partial charge on any atom is -0.389 e. The molecule has 0 atom stereocenters. The number of halogens is 1. The summed E-state index contributed by atoms with van der Waals surface area (Å²) in [4.78, 5) is 30.7. The number of likely N-dealkylation sites (tertiary alicyclic amines) is 2. The molecule has 0 unspecified atom stereocenters. The SMILES string of the molecule is CN(c1nc(-c2ccc(F)cc2)c(C#N)s1)c1c2cc(N3CCC4(CN(C(=O)N5CC(O)C5)C4)C3)cnc2nn1C1CC1. The Labute approximate surface area is 251 Å². The number of rotatable bonds is 5. The van der Waals surface area contributed by atoms with Crippen LogP contribution in [-0.2, 0) is 0 Å². The molecule has 220 valence electrons. The molecule has 1 saturated carbocycles. The highest BCUT2D eigenvalue weighted by Gasteiger charge is 2.51. The Morgan fingerprint density at radius 2 is 1.95 bits per heavy atom. The standard InChI is InChI=1S/C30H30FN9O2S/c1-36(28-34-25(24(11-32)43-28)18-2-4-19(31)5-3-18)27-23-10-21(12-33-26(23)35-40(27)20-6-7-20)37-9-8-30(15-37)16-39(17-30)29(42)38-13-22(41)14-38/h2-5,10,12,20,22,41H,6-9,13-17H2,1H3. The molecule has 0 radical (unpaired) electrons. The molecule has 8 rings (SSSR count). The van der Waals surface area contributed by atoms with Crippen molar-refractivity contribution in [3.63, 3.8) is 0 Å². The second-order valence-electron chi connectivity index (χ2n) is 12.3. The molecule has 1 N–H and O–H groups in total. The van der Waals surface area contributed by atoms with E-state index in [1.165, 1.54) is 23.5 Å². The molecular weight excluding hydrogens is 569 g/mol. The second-order valence-corrected chi connectivity index (χ2v) is 13.3. The van der Waals surface area contributed by atoms with Crippen molar-refractivity contribution in [3.05, 3.63) is 47.2 Å². The number of benzene rings is 1. The number of pyridine rings is 1. The third kappa shape index (κ3) is 4.39. The zero-order chi connectivity index (χ0) is 29.5. The number of aromatic nitrogens is 4. The summed E-state index contributed by atoms with van der Waals surface area (Å²) >= 11 is 1.30. The van der Waals surface area contributed by atoms with Crippen LogP contribution in [-0.4, -0.2) is 93.1 Å². The molecule has 1 aromatic carbocycles. The highest BCUT2D eigenvalue weighted by atomic mass is 32.1. The maximum atomic E-state index is 13.6. The van der Waals surface area contributed by atoms with Crippen LogP contribution in [0.1, 0.15) is 30.2 Å². The van der Waals surface area contributed by atoms with Gasteiger partial charge < -0.3 is 24.7 Å². The van der Waals surface area contributed by atoms with Gasteiger partial charge in [0.2, 0.25) is 0 Å². The number of anilines is 3. The monoisotopic (exact) mass is 599 g/mol. The summed E-state index contributed by atoms with van der Waals surface area (Å²) in [6, 6.07) is 10.8. The first-order chi connectivity index (χ1) is 20.8. The van der Waals surface area contributed by atoms with Crippen molar-refractivity contribution in [2.45, 2.75) is 31.4 Å². The van der Waals surface area contributed by atoms with E-state index in [4.69, 9.17) is 15.1 Å². The fourth-order valence-electron chi connectivity index (χ4n) is 6.59. The summed E-state index contributed by atoms with van der Waals surface area (Å²) < 4.78 is 15.6. The van der Waals surface area contributed by atoms with E-state index < -0.39 is 6.10 Å². The molecule has 4 aromatic rings. The molecule has 43 heavy (non-hydrogen) atoms. The molecule has 2 amide bonds. The maximum absolute atomic E-state index is 13.6. The van der Waals surface area contributed by atoms with Gasteiger partial charge in [0.15, 0.2) is 10.8 Å². The van der Waals surface area contributed by atoms with E-state index in [-0.39, 0.29) is 17.3 Å². The Morgan fingerprint density at radius 1 is 1.19 bits per heavy atom. The number of carbonyl (C=O) groups excluding carboxylic acids is 1. The van der Waals surface area contributed by atoms with Crippen LogP contribution in [0.3, 0.4) is 0 Å². The molecule has 0 bridgehead atoms. The van der Waals surface area contributed by atoms with Crippen molar-refractivity contribution in [2.24, 2.45) is 5.41 Å². The van der Waals surface area contributed by atoms with Crippen LogP contribution in [0.25, 0.3) is 22.3 Å². The van der Waals surface area contributed by atoms with E-state index in [1.807, 2.05) is 27.7 Å². The summed E-state index contributed by atoms with van der Waals surface area (Å²) in [5, 5.41) is 25.9. The lowest BCUT2D eigenvalue weighted by molar-refractivity contribution is -0.0161. The Balaban J connectivity index is 1.07. The third-order valence-corrected chi connectivity index (χ3v) is 10.1. The number of nitrogens with zero attached hydrogens (tertiary/aromatic N) is 9. The molecule has 1 spiro atoms. The number of urea groups is 1. The number of fused-ring (bicyclic) bond motifs is 1. The van der Waals surface area contributed by atoms with Gasteiger partial charge in [-0.1, -0.05) is 11.3 Å². The van der Waals surface area contributed by atoms with Crippen LogP contribution in [0.15, 0.2) is 36.5 Å². The normalized spacial score (nSPS) is 19.5. The van der Waals surface area contributed by atoms with Crippen LogP contribution in [0.2, 0.25) is 0 Å². The summed E-state index contributed by atoms with van der Waals surface area (Å²) in [5.41, 5.74) is 3.00. The van der Waals surface area contributed by atoms with Gasteiger partial charge >= 0.3 is 6.03 Å². The minimum absolute atomic E-state index is 0.0296. The van der Waals surface area contributed by atoms with Crippen molar-refractivity contribution in [3.8, 4) is 17.3 Å².